The summed E-state index contributed by atoms with van der Waals surface area (Å²) in [6.45, 7) is 8.34. The smallest absolute Gasteiger partial charge is 0.0622 e. The van der Waals surface area contributed by atoms with E-state index < -0.39 is 0 Å². The number of ether oxygens (including phenoxy) is 1. The molecule has 0 spiro atoms. The number of hydrogen-bond acceptors (Lipinski definition) is 2. The lowest BCUT2D eigenvalue weighted by molar-refractivity contribution is 0.0126. The standard InChI is InChI=1S/C10H23NO/c1-9(2,11)7-6-8-10(3,4)12-5/h6-8,11H2,1-5H3. The van der Waals surface area contributed by atoms with Gasteiger partial charge in [0.15, 0.2) is 0 Å². The van der Waals surface area contributed by atoms with Crippen molar-refractivity contribution < 1.29 is 4.74 Å². The van der Waals surface area contributed by atoms with E-state index in [1.54, 1.807) is 7.11 Å². The minimum absolute atomic E-state index is 0.00521. The van der Waals surface area contributed by atoms with Crippen molar-refractivity contribution in [2.75, 3.05) is 7.11 Å². The molecule has 0 fully saturated rings. The summed E-state index contributed by atoms with van der Waals surface area (Å²) in [5.41, 5.74) is 5.83. The largest absolute Gasteiger partial charge is 0.379 e. The topological polar surface area (TPSA) is 35.2 Å². The van der Waals surface area contributed by atoms with E-state index in [0.29, 0.717) is 0 Å². The Kier molecular flexibility index (Phi) is 4.21. The molecule has 0 aliphatic rings. The van der Waals surface area contributed by atoms with Crippen molar-refractivity contribution in [3.8, 4) is 0 Å². The van der Waals surface area contributed by atoms with Gasteiger partial charge in [-0.2, -0.15) is 0 Å². The van der Waals surface area contributed by atoms with Gasteiger partial charge < -0.3 is 10.5 Å². The summed E-state index contributed by atoms with van der Waals surface area (Å²) >= 11 is 0. The van der Waals surface area contributed by atoms with Gasteiger partial charge in [0.2, 0.25) is 0 Å². The molecular formula is C10H23NO. The quantitative estimate of drug-likeness (QED) is 0.692. The van der Waals surface area contributed by atoms with E-state index in [-0.39, 0.29) is 11.1 Å². The fraction of sp³-hybridized carbons (Fsp3) is 1.00. The summed E-state index contributed by atoms with van der Waals surface area (Å²) in [6, 6.07) is 0. The van der Waals surface area contributed by atoms with Crippen LogP contribution in [0, 0.1) is 0 Å². The summed E-state index contributed by atoms with van der Waals surface area (Å²) in [7, 11) is 1.76. The molecule has 0 amide bonds. The van der Waals surface area contributed by atoms with Gasteiger partial charge in [-0.15, -0.1) is 0 Å². The summed E-state index contributed by atoms with van der Waals surface area (Å²) < 4.78 is 5.31. The Morgan fingerprint density at radius 3 is 1.92 bits per heavy atom. The highest BCUT2D eigenvalue weighted by Crippen LogP contribution is 2.19. The Morgan fingerprint density at radius 2 is 1.58 bits per heavy atom. The molecule has 0 saturated heterocycles. The van der Waals surface area contributed by atoms with Gasteiger partial charge in [0.25, 0.3) is 0 Å². The molecule has 0 bridgehead atoms. The zero-order valence-corrected chi connectivity index (χ0v) is 9.11. The lowest BCUT2D eigenvalue weighted by Crippen LogP contribution is -2.32. The van der Waals surface area contributed by atoms with Crippen molar-refractivity contribution in [3.63, 3.8) is 0 Å². The molecule has 0 radical (unpaired) electrons. The third-order valence-electron chi connectivity index (χ3n) is 2.15. The van der Waals surface area contributed by atoms with Crippen LogP contribution in [0.4, 0.5) is 0 Å². The van der Waals surface area contributed by atoms with Gasteiger partial charge in [0.1, 0.15) is 0 Å². The molecule has 0 rings (SSSR count). The molecule has 0 aliphatic heterocycles. The Balaban J connectivity index is 3.57. The van der Waals surface area contributed by atoms with Crippen LogP contribution in [-0.2, 0) is 4.74 Å². The highest BCUT2D eigenvalue weighted by atomic mass is 16.5. The maximum absolute atomic E-state index is 5.87. The van der Waals surface area contributed by atoms with Crippen LogP contribution in [0.1, 0.15) is 47.0 Å². The normalized spacial score (nSPS) is 13.5. The van der Waals surface area contributed by atoms with Gasteiger partial charge >= 0.3 is 0 Å². The summed E-state index contributed by atoms with van der Waals surface area (Å²) in [5, 5.41) is 0. The first-order chi connectivity index (χ1) is 5.27. The first-order valence-corrected chi connectivity index (χ1v) is 4.61. The summed E-state index contributed by atoms with van der Waals surface area (Å²) in [5.74, 6) is 0. The van der Waals surface area contributed by atoms with Crippen LogP contribution in [0.15, 0.2) is 0 Å². The van der Waals surface area contributed by atoms with Crippen LogP contribution < -0.4 is 5.73 Å². The molecule has 0 aromatic heterocycles. The van der Waals surface area contributed by atoms with Crippen molar-refractivity contribution in [1.29, 1.82) is 0 Å². The molecular weight excluding hydrogens is 150 g/mol. The molecule has 0 aliphatic carbocycles. The Morgan fingerprint density at radius 1 is 1.08 bits per heavy atom. The number of rotatable bonds is 5. The average molecular weight is 173 g/mol. The molecule has 2 heteroatoms. The van der Waals surface area contributed by atoms with Crippen LogP contribution in [-0.4, -0.2) is 18.2 Å². The third kappa shape index (κ3) is 6.62. The first-order valence-electron chi connectivity index (χ1n) is 4.61. The average Bonchev–Trinajstić information content (AvgIpc) is 1.84. The van der Waals surface area contributed by atoms with E-state index in [1.807, 2.05) is 0 Å². The first kappa shape index (κ1) is 11.9. The number of methoxy groups -OCH3 is 1. The van der Waals surface area contributed by atoms with Gasteiger partial charge in [-0.25, -0.2) is 0 Å². The van der Waals surface area contributed by atoms with E-state index in [9.17, 15) is 0 Å². The molecule has 12 heavy (non-hydrogen) atoms. The van der Waals surface area contributed by atoms with Crippen LogP contribution in [0.5, 0.6) is 0 Å². The van der Waals surface area contributed by atoms with Gasteiger partial charge in [0, 0.05) is 12.6 Å². The fourth-order valence-electron chi connectivity index (χ4n) is 1.07. The molecule has 2 N–H and O–H groups in total. The van der Waals surface area contributed by atoms with Crippen LogP contribution in [0.25, 0.3) is 0 Å². The van der Waals surface area contributed by atoms with Crippen molar-refractivity contribution in [1.82, 2.24) is 0 Å². The molecule has 0 aromatic rings. The van der Waals surface area contributed by atoms with Crippen LogP contribution >= 0.6 is 0 Å². The molecule has 0 heterocycles. The van der Waals surface area contributed by atoms with Gasteiger partial charge in [0.05, 0.1) is 5.60 Å². The van der Waals surface area contributed by atoms with Gasteiger partial charge in [-0.1, -0.05) is 0 Å². The lowest BCUT2D eigenvalue weighted by atomic mass is 9.94. The maximum Gasteiger partial charge on any atom is 0.0622 e. The number of hydrogen-bond donors (Lipinski definition) is 1. The van der Waals surface area contributed by atoms with Gasteiger partial charge in [-0.05, 0) is 47.0 Å². The van der Waals surface area contributed by atoms with Crippen molar-refractivity contribution in [3.05, 3.63) is 0 Å². The second-order valence-electron chi connectivity index (χ2n) is 4.81. The summed E-state index contributed by atoms with van der Waals surface area (Å²) in [4.78, 5) is 0. The monoisotopic (exact) mass is 173 g/mol. The van der Waals surface area contributed by atoms with E-state index in [2.05, 4.69) is 27.7 Å². The molecule has 2 nitrogen and oxygen atoms in total. The highest BCUT2D eigenvalue weighted by molar-refractivity contribution is 4.75. The minimum atomic E-state index is -0.0379. The Labute approximate surface area is 76.5 Å². The second-order valence-corrected chi connectivity index (χ2v) is 4.81. The molecule has 0 saturated carbocycles. The van der Waals surface area contributed by atoms with E-state index in [1.165, 1.54) is 0 Å². The van der Waals surface area contributed by atoms with Crippen LogP contribution in [0.3, 0.4) is 0 Å². The SMILES string of the molecule is COC(C)(C)CCCC(C)(C)N. The van der Waals surface area contributed by atoms with Crippen molar-refractivity contribution in [2.45, 2.75) is 58.1 Å². The molecule has 0 atom stereocenters. The molecule has 74 valence electrons. The fourth-order valence-corrected chi connectivity index (χ4v) is 1.07. The highest BCUT2D eigenvalue weighted by Gasteiger charge is 2.18. The Bertz CT molecular complexity index is 124. The predicted octanol–water partition coefficient (Wildman–Crippen LogP) is 2.32. The molecule has 0 aromatic carbocycles. The molecule has 0 unspecified atom stereocenters. The minimum Gasteiger partial charge on any atom is -0.379 e. The second kappa shape index (κ2) is 4.24. The zero-order valence-electron chi connectivity index (χ0n) is 9.11. The number of nitrogens with two attached hydrogens (primary N) is 1. The maximum atomic E-state index is 5.87. The van der Waals surface area contributed by atoms with Crippen molar-refractivity contribution in [2.24, 2.45) is 5.73 Å². The predicted molar refractivity (Wildman–Crippen MR) is 53.2 cm³/mol. The van der Waals surface area contributed by atoms with Gasteiger partial charge in [-0.3, -0.25) is 0 Å². The van der Waals surface area contributed by atoms with E-state index in [0.717, 1.165) is 19.3 Å². The van der Waals surface area contributed by atoms with Crippen LogP contribution in [0.2, 0.25) is 0 Å². The Hall–Kier alpha value is -0.0800. The zero-order chi connectivity index (χ0) is 9.83. The van der Waals surface area contributed by atoms with Crippen molar-refractivity contribution >= 4 is 0 Å². The lowest BCUT2D eigenvalue weighted by Gasteiger charge is -2.25. The third-order valence-corrected chi connectivity index (χ3v) is 2.15. The van der Waals surface area contributed by atoms with E-state index >= 15 is 0 Å². The van der Waals surface area contributed by atoms with E-state index in [4.69, 9.17) is 10.5 Å². The summed E-state index contributed by atoms with van der Waals surface area (Å²) in [6.07, 6.45) is 3.26.